The van der Waals surface area contributed by atoms with Crippen molar-refractivity contribution in [1.29, 1.82) is 0 Å². The van der Waals surface area contributed by atoms with Crippen molar-refractivity contribution < 1.29 is 9.53 Å². The highest BCUT2D eigenvalue weighted by Gasteiger charge is 2.28. The number of fused-ring (bicyclic) bond motifs is 2. The van der Waals surface area contributed by atoms with Crippen molar-refractivity contribution in [3.05, 3.63) is 93.4 Å². The molecule has 0 saturated carbocycles. The van der Waals surface area contributed by atoms with Crippen LogP contribution in [0.5, 0.6) is 0 Å². The minimum absolute atomic E-state index is 0.331. The highest BCUT2D eigenvalue weighted by molar-refractivity contribution is 6.31. The number of H-pyrrole nitrogens is 2. The Hall–Kier alpha value is -3.35. The number of nitrogens with zero attached hydrogens (tertiary/aromatic N) is 2. The third-order valence-corrected chi connectivity index (χ3v) is 7.21. The Morgan fingerprint density at radius 1 is 1.26 bits per heavy atom. The molecule has 0 bridgehead atoms. The van der Waals surface area contributed by atoms with Crippen LogP contribution in [0.1, 0.15) is 46.0 Å². The van der Waals surface area contributed by atoms with E-state index in [2.05, 4.69) is 57.5 Å². The molecule has 2 heterocycles. The highest BCUT2D eigenvalue weighted by Crippen LogP contribution is 2.38. The number of benzene rings is 2. The zero-order valence-corrected chi connectivity index (χ0v) is 20.7. The van der Waals surface area contributed by atoms with Gasteiger partial charge in [0.05, 0.1) is 13.3 Å². The lowest BCUT2D eigenvalue weighted by molar-refractivity contribution is -0.134. The summed E-state index contributed by atoms with van der Waals surface area (Å²) >= 11 is 6.17. The Bertz CT molecular complexity index is 1390. The van der Waals surface area contributed by atoms with E-state index >= 15 is 0 Å². The molecule has 2 N–H and O–H groups in total. The van der Waals surface area contributed by atoms with Gasteiger partial charge in [-0.25, -0.2) is 4.79 Å². The first-order valence-electron chi connectivity index (χ1n) is 11.9. The van der Waals surface area contributed by atoms with Crippen LogP contribution < -0.4 is 0 Å². The molecule has 0 amide bonds. The predicted octanol–water partition coefficient (Wildman–Crippen LogP) is 5.77. The fourth-order valence-electron chi connectivity index (χ4n) is 5.06. The molecule has 4 aromatic rings. The van der Waals surface area contributed by atoms with E-state index in [0.717, 1.165) is 54.1 Å². The smallest absolute Gasteiger partial charge is 0.330 e. The Morgan fingerprint density at radius 3 is 2.94 bits per heavy atom. The van der Waals surface area contributed by atoms with Crippen LogP contribution in [0.3, 0.4) is 0 Å². The van der Waals surface area contributed by atoms with Gasteiger partial charge in [0.15, 0.2) is 0 Å². The van der Waals surface area contributed by atoms with E-state index in [4.69, 9.17) is 16.3 Å². The molecule has 1 atom stereocenters. The van der Waals surface area contributed by atoms with Crippen LogP contribution in [0.2, 0.25) is 5.02 Å². The van der Waals surface area contributed by atoms with Gasteiger partial charge in [0, 0.05) is 58.6 Å². The fraction of sp³-hybridized carbons (Fsp3) is 0.286. The minimum Gasteiger partial charge on any atom is -0.466 e. The van der Waals surface area contributed by atoms with Crippen LogP contribution in [-0.4, -0.2) is 39.7 Å². The van der Waals surface area contributed by atoms with Gasteiger partial charge in [0.2, 0.25) is 0 Å². The summed E-state index contributed by atoms with van der Waals surface area (Å²) in [5, 5.41) is 9.29. The molecule has 2 aromatic carbocycles. The number of ether oxygens (including phenoxy) is 1. The topological polar surface area (TPSA) is 74.0 Å². The van der Waals surface area contributed by atoms with E-state index in [1.54, 1.807) is 0 Å². The van der Waals surface area contributed by atoms with Gasteiger partial charge in [0.1, 0.15) is 0 Å². The summed E-state index contributed by atoms with van der Waals surface area (Å²) in [5.74, 6) is -0.343. The lowest BCUT2D eigenvalue weighted by atomic mass is 10.0. The molecule has 1 unspecified atom stereocenters. The van der Waals surface area contributed by atoms with Gasteiger partial charge in [-0.3, -0.25) is 10.00 Å². The molecule has 2 aromatic heterocycles. The fourth-order valence-corrected chi connectivity index (χ4v) is 5.23. The van der Waals surface area contributed by atoms with Gasteiger partial charge in [-0.05, 0) is 66.6 Å². The van der Waals surface area contributed by atoms with Crippen molar-refractivity contribution in [2.24, 2.45) is 0 Å². The number of hydrogen-bond acceptors (Lipinski definition) is 4. The molecule has 1 aliphatic rings. The largest absolute Gasteiger partial charge is 0.466 e. The normalized spacial score (nSPS) is 15.4. The molecule has 7 heteroatoms. The van der Waals surface area contributed by atoms with Gasteiger partial charge < -0.3 is 9.72 Å². The van der Waals surface area contributed by atoms with Crippen LogP contribution in [0, 0.1) is 6.92 Å². The van der Waals surface area contributed by atoms with Gasteiger partial charge >= 0.3 is 5.97 Å². The quantitative estimate of drug-likeness (QED) is 0.244. The lowest BCUT2D eigenvalue weighted by Gasteiger charge is -2.29. The second-order valence-electron chi connectivity index (χ2n) is 9.11. The van der Waals surface area contributed by atoms with Gasteiger partial charge in [0.25, 0.3) is 0 Å². The molecule has 180 valence electrons. The van der Waals surface area contributed by atoms with Crippen molar-refractivity contribution in [1.82, 2.24) is 20.1 Å². The summed E-state index contributed by atoms with van der Waals surface area (Å²) in [5.41, 5.74) is 8.44. The molecular weight excluding hydrogens is 460 g/mol. The number of aromatic amines is 2. The van der Waals surface area contributed by atoms with Crippen LogP contribution >= 0.6 is 11.6 Å². The number of carbonyl (C=O) groups excluding carboxylic acids is 1. The SMILES string of the molecule is COC(=O)/C=C/c1ccc2c(c1)CCC2N(CCc1c[nH]c2cc(Cl)ccc12)Cc1cn[nH]c1C. The number of hydrogen-bond donors (Lipinski definition) is 2. The minimum atomic E-state index is -0.343. The zero-order chi connectivity index (χ0) is 24.4. The highest BCUT2D eigenvalue weighted by atomic mass is 35.5. The Morgan fingerprint density at radius 2 is 2.14 bits per heavy atom. The van der Waals surface area contributed by atoms with E-state index in [1.807, 2.05) is 24.4 Å². The molecule has 35 heavy (non-hydrogen) atoms. The number of halogens is 1. The molecule has 0 saturated heterocycles. The Kier molecular flexibility index (Phi) is 6.75. The maximum absolute atomic E-state index is 11.5. The maximum atomic E-state index is 11.5. The third kappa shape index (κ3) is 5.04. The summed E-state index contributed by atoms with van der Waals surface area (Å²) in [7, 11) is 1.39. The van der Waals surface area contributed by atoms with E-state index < -0.39 is 0 Å². The van der Waals surface area contributed by atoms with Gasteiger partial charge in [-0.2, -0.15) is 5.10 Å². The van der Waals surface area contributed by atoms with E-state index in [-0.39, 0.29) is 5.97 Å². The molecule has 0 fully saturated rings. The number of aromatic nitrogens is 3. The van der Waals surface area contributed by atoms with Gasteiger partial charge in [-0.15, -0.1) is 0 Å². The van der Waals surface area contributed by atoms with E-state index in [1.165, 1.54) is 40.8 Å². The van der Waals surface area contributed by atoms with E-state index in [9.17, 15) is 4.79 Å². The molecule has 6 nitrogen and oxygen atoms in total. The summed E-state index contributed by atoms with van der Waals surface area (Å²) in [6.07, 6.45) is 10.3. The second kappa shape index (κ2) is 10.1. The summed E-state index contributed by atoms with van der Waals surface area (Å²) in [4.78, 5) is 17.4. The van der Waals surface area contributed by atoms with Crippen LogP contribution in [0.25, 0.3) is 17.0 Å². The summed E-state index contributed by atoms with van der Waals surface area (Å²) < 4.78 is 4.71. The Balaban J connectivity index is 1.39. The van der Waals surface area contributed by atoms with Crippen molar-refractivity contribution in [3.63, 3.8) is 0 Å². The second-order valence-corrected chi connectivity index (χ2v) is 9.55. The third-order valence-electron chi connectivity index (χ3n) is 6.97. The standard InChI is InChI=1S/C28H29ClN4O2/c1-18-22(16-31-32-18)17-33(12-11-21-15-30-26-14-23(29)6-8-24(21)26)27-9-5-20-13-19(3-7-25(20)27)4-10-28(34)35-2/h3-4,6-8,10,13-16,27,30H,5,9,11-12,17H2,1-2H3,(H,31,32)/b10-4+. The molecular formula is C28H29ClN4O2. The molecule has 0 radical (unpaired) electrons. The van der Waals surface area contributed by atoms with Crippen molar-refractivity contribution >= 4 is 34.5 Å². The molecule has 5 rings (SSSR count). The number of nitrogens with one attached hydrogen (secondary N) is 2. The average Bonchev–Trinajstić information content (AvgIpc) is 3.58. The summed E-state index contributed by atoms with van der Waals surface area (Å²) in [6.45, 7) is 3.84. The molecule has 0 spiro atoms. The van der Waals surface area contributed by atoms with Crippen LogP contribution in [0.4, 0.5) is 0 Å². The maximum Gasteiger partial charge on any atom is 0.330 e. The number of aryl methyl sites for hydroxylation is 2. The van der Waals surface area contributed by atoms with Gasteiger partial charge in [-0.1, -0.05) is 35.9 Å². The zero-order valence-electron chi connectivity index (χ0n) is 20.0. The lowest BCUT2D eigenvalue weighted by Crippen LogP contribution is -2.29. The van der Waals surface area contributed by atoms with Crippen molar-refractivity contribution in [2.45, 2.75) is 38.8 Å². The molecule has 1 aliphatic carbocycles. The van der Waals surface area contributed by atoms with Crippen molar-refractivity contribution in [2.75, 3.05) is 13.7 Å². The van der Waals surface area contributed by atoms with Crippen LogP contribution in [0.15, 0.2) is 54.9 Å². The monoisotopic (exact) mass is 488 g/mol. The van der Waals surface area contributed by atoms with E-state index in [0.29, 0.717) is 6.04 Å². The number of methoxy groups -OCH3 is 1. The van der Waals surface area contributed by atoms with Crippen LogP contribution in [-0.2, 0) is 28.9 Å². The molecule has 0 aliphatic heterocycles. The first-order valence-corrected chi connectivity index (χ1v) is 12.3. The first kappa shape index (κ1) is 23.4. The number of carbonyl (C=O) groups is 1. The average molecular weight is 489 g/mol. The first-order chi connectivity index (χ1) is 17.0. The summed E-state index contributed by atoms with van der Waals surface area (Å²) in [6, 6.07) is 12.9. The number of rotatable bonds is 8. The van der Waals surface area contributed by atoms with Crippen molar-refractivity contribution in [3.8, 4) is 0 Å². The number of esters is 1. The Labute approximate surface area is 209 Å². The predicted molar refractivity (Wildman–Crippen MR) is 139 cm³/mol.